The summed E-state index contributed by atoms with van der Waals surface area (Å²) in [5.41, 5.74) is -1.45. The van der Waals surface area contributed by atoms with Gasteiger partial charge >= 0.3 is 6.18 Å². The van der Waals surface area contributed by atoms with E-state index in [1.807, 2.05) is 0 Å². The van der Waals surface area contributed by atoms with E-state index >= 15 is 0 Å². The van der Waals surface area contributed by atoms with Crippen molar-refractivity contribution in [1.29, 1.82) is 0 Å². The summed E-state index contributed by atoms with van der Waals surface area (Å²) in [7, 11) is 0. The van der Waals surface area contributed by atoms with Crippen molar-refractivity contribution in [2.45, 2.75) is 38.4 Å². The van der Waals surface area contributed by atoms with E-state index in [0.29, 0.717) is 44.8 Å². The highest BCUT2D eigenvalue weighted by Gasteiger charge is 2.35. The summed E-state index contributed by atoms with van der Waals surface area (Å²) in [4.78, 5) is 27.9. The normalized spacial score (nSPS) is 23.2. The number of alkyl halides is 3. The molecule has 1 N–H and O–H groups in total. The van der Waals surface area contributed by atoms with Crippen LogP contribution in [0, 0.1) is 10.1 Å². The van der Waals surface area contributed by atoms with E-state index in [1.165, 1.54) is 11.3 Å². The van der Waals surface area contributed by atoms with E-state index in [2.05, 4.69) is 6.92 Å². The van der Waals surface area contributed by atoms with Crippen LogP contribution in [-0.2, 0) is 11.0 Å². The van der Waals surface area contributed by atoms with Gasteiger partial charge < -0.3 is 14.7 Å². The van der Waals surface area contributed by atoms with Crippen LogP contribution >= 0.6 is 0 Å². The molecule has 2 aliphatic heterocycles. The van der Waals surface area contributed by atoms with Gasteiger partial charge in [-0.25, -0.2) is 0 Å². The molecule has 1 amide bonds. The first-order valence-electron chi connectivity index (χ1n) is 9.89. The Labute approximate surface area is 167 Å². The molecule has 0 aromatic heterocycles. The Morgan fingerprint density at radius 1 is 1.24 bits per heavy atom. The highest BCUT2D eigenvalue weighted by Crippen LogP contribution is 2.36. The molecule has 7 nitrogen and oxygen atoms in total. The molecule has 0 radical (unpaired) electrons. The lowest BCUT2D eigenvalue weighted by Crippen LogP contribution is -3.17. The molecule has 2 fully saturated rings. The number of halogens is 3. The van der Waals surface area contributed by atoms with Gasteiger partial charge in [0.05, 0.1) is 23.1 Å². The Hall–Kier alpha value is -2.36. The maximum atomic E-state index is 12.9. The zero-order valence-corrected chi connectivity index (χ0v) is 16.4. The summed E-state index contributed by atoms with van der Waals surface area (Å²) < 4.78 is 38.6. The van der Waals surface area contributed by atoms with Crippen molar-refractivity contribution in [3.63, 3.8) is 0 Å². The van der Waals surface area contributed by atoms with E-state index in [-0.39, 0.29) is 11.6 Å². The van der Waals surface area contributed by atoms with Crippen molar-refractivity contribution in [2.75, 3.05) is 44.2 Å². The lowest BCUT2D eigenvalue weighted by atomic mass is 10.0. The summed E-state index contributed by atoms with van der Waals surface area (Å²) in [6.45, 7) is 5.10. The summed E-state index contributed by atoms with van der Waals surface area (Å²) in [6.07, 6.45) is -1.20. The predicted molar refractivity (Wildman–Crippen MR) is 101 cm³/mol. The lowest BCUT2D eigenvalue weighted by molar-refractivity contribution is -0.921. The average Bonchev–Trinajstić information content (AvgIpc) is 2.68. The molecular formula is C19H26F3N4O3+. The maximum absolute atomic E-state index is 12.9. The first-order valence-corrected chi connectivity index (χ1v) is 9.89. The number of nitrogens with zero attached hydrogens (tertiary/aromatic N) is 3. The second-order valence-electron chi connectivity index (χ2n) is 7.81. The topological polar surface area (TPSA) is 71.1 Å². The molecule has 0 saturated carbocycles. The van der Waals surface area contributed by atoms with Crippen molar-refractivity contribution in [2.24, 2.45) is 0 Å². The molecule has 2 saturated heterocycles. The molecule has 3 rings (SSSR count). The van der Waals surface area contributed by atoms with Gasteiger partial charge in [0.2, 0.25) is 0 Å². The predicted octanol–water partition coefficient (Wildman–Crippen LogP) is 1.72. The number of carbonyl (C=O) groups is 1. The number of piperidine rings is 1. The number of hydrogen-bond acceptors (Lipinski definition) is 4. The van der Waals surface area contributed by atoms with E-state index < -0.39 is 22.4 Å². The number of likely N-dealkylation sites (tertiary alicyclic amines) is 1. The van der Waals surface area contributed by atoms with Crippen molar-refractivity contribution < 1.29 is 27.8 Å². The van der Waals surface area contributed by atoms with Gasteiger partial charge in [-0.2, -0.15) is 13.2 Å². The standard InChI is InChI=1S/C19H25F3N4O3/c1-14-4-2-3-7-25(14)13-18(27)24-10-8-23(9-11-24)16-6-5-15(19(20,21)22)12-17(16)26(28)29/h5-6,12,14H,2-4,7-11,13H2,1H3/p+1/t14-/m1/s1. The third kappa shape index (κ3) is 4.98. The molecule has 0 aliphatic carbocycles. The quantitative estimate of drug-likeness (QED) is 0.601. The van der Waals surface area contributed by atoms with E-state index in [9.17, 15) is 28.1 Å². The van der Waals surface area contributed by atoms with Gasteiger partial charge in [-0.1, -0.05) is 0 Å². The highest BCUT2D eigenvalue weighted by molar-refractivity contribution is 5.77. The van der Waals surface area contributed by atoms with Gasteiger partial charge in [-0.3, -0.25) is 14.9 Å². The van der Waals surface area contributed by atoms with Crippen molar-refractivity contribution in [3.8, 4) is 0 Å². The Morgan fingerprint density at radius 3 is 2.52 bits per heavy atom. The number of piperazine rings is 1. The number of nitro groups is 1. The second kappa shape index (κ2) is 8.56. The van der Waals surface area contributed by atoms with Gasteiger partial charge in [0.1, 0.15) is 5.69 Å². The third-order valence-corrected chi connectivity index (χ3v) is 5.93. The van der Waals surface area contributed by atoms with E-state index in [0.717, 1.165) is 31.5 Å². The molecule has 160 valence electrons. The Kier molecular flexibility index (Phi) is 6.30. The molecule has 10 heteroatoms. The molecule has 1 aromatic carbocycles. The molecule has 1 unspecified atom stereocenters. The fraction of sp³-hybridized carbons (Fsp3) is 0.632. The minimum Gasteiger partial charge on any atom is -0.362 e. The second-order valence-corrected chi connectivity index (χ2v) is 7.81. The number of quaternary nitrogens is 1. The molecule has 0 spiro atoms. The number of nitro benzene ring substituents is 1. The maximum Gasteiger partial charge on any atom is 0.416 e. The minimum absolute atomic E-state index is 0.0651. The monoisotopic (exact) mass is 415 g/mol. The molecule has 29 heavy (non-hydrogen) atoms. The number of hydrogen-bond donors (Lipinski definition) is 1. The minimum atomic E-state index is -4.64. The molecule has 2 aliphatic rings. The van der Waals surface area contributed by atoms with Crippen molar-refractivity contribution in [1.82, 2.24) is 4.90 Å². The van der Waals surface area contributed by atoms with Crippen LogP contribution < -0.4 is 9.80 Å². The third-order valence-electron chi connectivity index (χ3n) is 5.93. The Balaban J connectivity index is 1.64. The number of nitrogens with one attached hydrogen (secondary N) is 1. The van der Waals surface area contributed by atoms with Crippen LogP contribution in [0.25, 0.3) is 0 Å². The van der Waals surface area contributed by atoms with Crippen LogP contribution in [0.4, 0.5) is 24.5 Å². The summed E-state index contributed by atoms with van der Waals surface area (Å²) in [5.74, 6) is 0.0651. The smallest absolute Gasteiger partial charge is 0.362 e. The van der Waals surface area contributed by atoms with Gasteiger partial charge in [-0.05, 0) is 38.3 Å². The number of amides is 1. The Bertz CT molecular complexity index is 764. The zero-order chi connectivity index (χ0) is 21.2. The summed E-state index contributed by atoms with van der Waals surface area (Å²) in [5, 5.41) is 11.3. The van der Waals surface area contributed by atoms with E-state index in [4.69, 9.17) is 0 Å². The van der Waals surface area contributed by atoms with Gasteiger partial charge in [0.25, 0.3) is 11.6 Å². The first-order chi connectivity index (χ1) is 13.7. The largest absolute Gasteiger partial charge is 0.416 e. The molecule has 0 bridgehead atoms. The van der Waals surface area contributed by atoms with Crippen LogP contribution in [-0.4, -0.2) is 61.0 Å². The van der Waals surface area contributed by atoms with E-state index in [1.54, 1.807) is 9.80 Å². The molecule has 2 atom stereocenters. The van der Waals surface area contributed by atoms with Crippen LogP contribution in [0.15, 0.2) is 18.2 Å². The van der Waals surface area contributed by atoms with Crippen LogP contribution in [0.1, 0.15) is 31.7 Å². The Morgan fingerprint density at radius 2 is 1.93 bits per heavy atom. The SMILES string of the molecule is C[C@@H]1CCCC[NH+]1CC(=O)N1CCN(c2ccc(C(F)(F)F)cc2[N+](=O)[O-])CC1. The molecular weight excluding hydrogens is 389 g/mol. The fourth-order valence-corrected chi connectivity index (χ4v) is 4.13. The number of benzene rings is 1. The van der Waals surface area contributed by atoms with Gasteiger partial charge in [0.15, 0.2) is 6.54 Å². The van der Waals surface area contributed by atoms with Crippen LogP contribution in [0.3, 0.4) is 0 Å². The summed E-state index contributed by atoms with van der Waals surface area (Å²) >= 11 is 0. The van der Waals surface area contributed by atoms with Crippen LogP contribution in [0.2, 0.25) is 0 Å². The number of carbonyl (C=O) groups excluding carboxylic acids is 1. The summed E-state index contributed by atoms with van der Waals surface area (Å²) in [6, 6.07) is 3.05. The lowest BCUT2D eigenvalue weighted by Gasteiger charge is -2.37. The van der Waals surface area contributed by atoms with Crippen LogP contribution in [0.5, 0.6) is 0 Å². The molecule has 2 heterocycles. The fourth-order valence-electron chi connectivity index (χ4n) is 4.13. The van der Waals surface area contributed by atoms with Crippen molar-refractivity contribution in [3.05, 3.63) is 33.9 Å². The van der Waals surface area contributed by atoms with Crippen molar-refractivity contribution >= 4 is 17.3 Å². The average molecular weight is 415 g/mol. The number of anilines is 1. The number of rotatable bonds is 4. The van der Waals surface area contributed by atoms with Gasteiger partial charge in [0, 0.05) is 32.2 Å². The highest BCUT2D eigenvalue weighted by atomic mass is 19.4. The van der Waals surface area contributed by atoms with Gasteiger partial charge in [-0.15, -0.1) is 0 Å². The molecule has 1 aromatic rings. The zero-order valence-electron chi connectivity index (χ0n) is 16.4. The first kappa shape index (κ1) is 21.4.